The molecule has 1 saturated heterocycles. The van der Waals surface area contributed by atoms with Crippen LogP contribution in [-0.4, -0.2) is 35.9 Å². The van der Waals surface area contributed by atoms with Crippen molar-refractivity contribution >= 4 is 17.5 Å². The van der Waals surface area contributed by atoms with Crippen LogP contribution in [-0.2, 0) is 9.59 Å². The first-order valence-corrected chi connectivity index (χ1v) is 7.82. The number of benzene rings is 1. The lowest BCUT2D eigenvalue weighted by Gasteiger charge is -2.29. The third-order valence-corrected chi connectivity index (χ3v) is 3.75. The lowest BCUT2D eigenvalue weighted by atomic mass is 9.99. The predicted molar refractivity (Wildman–Crippen MR) is 85.8 cm³/mol. The van der Waals surface area contributed by atoms with Gasteiger partial charge in [0.1, 0.15) is 5.75 Å². The van der Waals surface area contributed by atoms with Crippen molar-refractivity contribution in [2.45, 2.75) is 39.7 Å². The monoisotopic (exact) mass is 304 g/mol. The van der Waals surface area contributed by atoms with Crippen LogP contribution in [0.15, 0.2) is 24.3 Å². The molecular weight excluding hydrogens is 280 g/mol. The van der Waals surface area contributed by atoms with Crippen LogP contribution in [0.1, 0.15) is 33.6 Å². The maximum Gasteiger partial charge on any atom is 0.313 e. The summed E-state index contributed by atoms with van der Waals surface area (Å²) in [5, 5.41) is 2.65. The summed E-state index contributed by atoms with van der Waals surface area (Å²) in [4.78, 5) is 25.8. The Morgan fingerprint density at radius 2 is 1.77 bits per heavy atom. The molecule has 0 atom stereocenters. The van der Waals surface area contributed by atoms with Gasteiger partial charge in [-0.1, -0.05) is 6.92 Å². The molecule has 1 aliphatic heterocycles. The Balaban J connectivity index is 1.89. The standard InChI is InChI=1S/C17H24N2O3/c1-12(2)22-15-6-4-14(5-7-15)18-16(20)17(21)19-10-8-13(3)9-11-19/h4-7,12-13H,8-11H2,1-3H3,(H,18,20). The number of rotatable bonds is 3. The minimum atomic E-state index is -0.577. The van der Waals surface area contributed by atoms with Crippen LogP contribution in [0, 0.1) is 5.92 Å². The van der Waals surface area contributed by atoms with Crippen molar-refractivity contribution in [2.24, 2.45) is 5.92 Å². The Labute approximate surface area is 131 Å². The minimum absolute atomic E-state index is 0.100. The quantitative estimate of drug-likeness (QED) is 0.873. The van der Waals surface area contributed by atoms with E-state index in [0.717, 1.165) is 18.6 Å². The summed E-state index contributed by atoms with van der Waals surface area (Å²) in [7, 11) is 0. The summed E-state index contributed by atoms with van der Waals surface area (Å²) < 4.78 is 5.54. The number of piperidine rings is 1. The molecule has 5 nitrogen and oxygen atoms in total. The van der Waals surface area contributed by atoms with E-state index in [1.807, 2.05) is 13.8 Å². The van der Waals surface area contributed by atoms with Crippen molar-refractivity contribution in [3.05, 3.63) is 24.3 Å². The van der Waals surface area contributed by atoms with Gasteiger partial charge in [0.25, 0.3) is 0 Å². The third-order valence-electron chi connectivity index (χ3n) is 3.75. The number of nitrogens with one attached hydrogen (secondary N) is 1. The number of anilines is 1. The fourth-order valence-corrected chi connectivity index (χ4v) is 2.43. The molecule has 1 aromatic rings. The van der Waals surface area contributed by atoms with Crippen LogP contribution >= 0.6 is 0 Å². The molecule has 0 bridgehead atoms. The van der Waals surface area contributed by atoms with E-state index in [0.29, 0.717) is 24.7 Å². The average Bonchev–Trinajstić information content (AvgIpc) is 2.49. The lowest BCUT2D eigenvalue weighted by Crippen LogP contribution is -2.43. The minimum Gasteiger partial charge on any atom is -0.491 e. The summed E-state index contributed by atoms with van der Waals surface area (Å²) in [6, 6.07) is 7.04. The predicted octanol–water partition coefficient (Wildman–Crippen LogP) is 2.67. The van der Waals surface area contributed by atoms with E-state index < -0.39 is 11.8 Å². The van der Waals surface area contributed by atoms with Crippen molar-refractivity contribution in [3.8, 4) is 5.75 Å². The molecule has 0 aromatic heterocycles. The zero-order chi connectivity index (χ0) is 16.1. The van der Waals surface area contributed by atoms with Gasteiger partial charge in [-0.2, -0.15) is 0 Å². The maximum atomic E-state index is 12.1. The zero-order valence-electron chi connectivity index (χ0n) is 13.5. The Kier molecular flexibility index (Phi) is 5.41. The number of amides is 2. The SMILES string of the molecule is CC1CCN(C(=O)C(=O)Nc2ccc(OC(C)C)cc2)CC1. The van der Waals surface area contributed by atoms with Crippen molar-refractivity contribution in [2.75, 3.05) is 18.4 Å². The molecule has 22 heavy (non-hydrogen) atoms. The highest BCUT2D eigenvalue weighted by Crippen LogP contribution is 2.18. The molecule has 1 fully saturated rings. The molecule has 0 radical (unpaired) electrons. The summed E-state index contributed by atoms with van der Waals surface area (Å²) in [5.41, 5.74) is 0.597. The molecule has 1 heterocycles. The summed E-state index contributed by atoms with van der Waals surface area (Å²) in [5.74, 6) is 0.339. The topological polar surface area (TPSA) is 58.6 Å². The van der Waals surface area contributed by atoms with Crippen LogP contribution in [0.2, 0.25) is 0 Å². The second-order valence-corrected chi connectivity index (χ2v) is 6.12. The van der Waals surface area contributed by atoms with Gasteiger partial charge in [0.2, 0.25) is 0 Å². The number of likely N-dealkylation sites (tertiary alicyclic amines) is 1. The van der Waals surface area contributed by atoms with Gasteiger partial charge in [-0.15, -0.1) is 0 Å². The van der Waals surface area contributed by atoms with Crippen LogP contribution in [0.3, 0.4) is 0 Å². The molecule has 5 heteroatoms. The van der Waals surface area contributed by atoms with Gasteiger partial charge in [-0.25, -0.2) is 0 Å². The second-order valence-electron chi connectivity index (χ2n) is 6.12. The van der Waals surface area contributed by atoms with Crippen LogP contribution < -0.4 is 10.1 Å². The molecule has 1 N–H and O–H groups in total. The highest BCUT2D eigenvalue weighted by Gasteiger charge is 2.25. The highest BCUT2D eigenvalue weighted by molar-refractivity contribution is 6.39. The smallest absolute Gasteiger partial charge is 0.313 e. The van der Waals surface area contributed by atoms with E-state index in [2.05, 4.69) is 12.2 Å². The number of ether oxygens (including phenoxy) is 1. The molecule has 0 spiro atoms. The largest absolute Gasteiger partial charge is 0.491 e. The molecule has 1 aliphatic rings. The van der Waals surface area contributed by atoms with E-state index in [1.165, 1.54) is 0 Å². The van der Waals surface area contributed by atoms with Crippen LogP contribution in [0.5, 0.6) is 5.75 Å². The Hall–Kier alpha value is -2.04. The van der Waals surface area contributed by atoms with E-state index in [4.69, 9.17) is 4.74 Å². The van der Waals surface area contributed by atoms with Gasteiger partial charge in [-0.05, 0) is 56.9 Å². The van der Waals surface area contributed by atoms with Gasteiger partial charge >= 0.3 is 11.8 Å². The first kappa shape index (κ1) is 16.3. The normalized spacial score (nSPS) is 15.7. The van der Waals surface area contributed by atoms with E-state index in [9.17, 15) is 9.59 Å². The molecule has 2 rings (SSSR count). The fraction of sp³-hybridized carbons (Fsp3) is 0.529. The lowest BCUT2D eigenvalue weighted by molar-refractivity contribution is -0.144. The van der Waals surface area contributed by atoms with Gasteiger partial charge in [0.05, 0.1) is 6.10 Å². The van der Waals surface area contributed by atoms with Crippen LogP contribution in [0.25, 0.3) is 0 Å². The van der Waals surface area contributed by atoms with Crippen molar-refractivity contribution in [3.63, 3.8) is 0 Å². The zero-order valence-corrected chi connectivity index (χ0v) is 13.5. The Morgan fingerprint density at radius 1 is 1.18 bits per heavy atom. The number of hydrogen-bond acceptors (Lipinski definition) is 3. The van der Waals surface area contributed by atoms with E-state index >= 15 is 0 Å². The van der Waals surface area contributed by atoms with Gasteiger partial charge < -0.3 is 15.0 Å². The second kappa shape index (κ2) is 7.29. The summed E-state index contributed by atoms with van der Waals surface area (Å²) in [6.45, 7) is 7.40. The average molecular weight is 304 g/mol. The van der Waals surface area contributed by atoms with Crippen molar-refractivity contribution in [1.29, 1.82) is 0 Å². The Bertz CT molecular complexity index is 517. The fourth-order valence-electron chi connectivity index (χ4n) is 2.43. The van der Waals surface area contributed by atoms with Crippen molar-refractivity contribution in [1.82, 2.24) is 4.90 Å². The van der Waals surface area contributed by atoms with Gasteiger partial charge in [0.15, 0.2) is 0 Å². The van der Waals surface area contributed by atoms with Crippen LogP contribution in [0.4, 0.5) is 5.69 Å². The molecular formula is C17H24N2O3. The van der Waals surface area contributed by atoms with E-state index in [1.54, 1.807) is 29.2 Å². The summed E-state index contributed by atoms with van der Waals surface area (Å²) in [6.07, 6.45) is 2.02. The maximum absolute atomic E-state index is 12.1. The molecule has 0 unspecified atom stereocenters. The number of carbonyl (C=O) groups excluding carboxylic acids is 2. The first-order valence-electron chi connectivity index (χ1n) is 7.82. The van der Waals surface area contributed by atoms with E-state index in [-0.39, 0.29) is 6.10 Å². The molecule has 2 amide bonds. The first-order chi connectivity index (χ1) is 10.5. The van der Waals surface area contributed by atoms with Gasteiger partial charge in [0, 0.05) is 18.8 Å². The van der Waals surface area contributed by atoms with Crippen molar-refractivity contribution < 1.29 is 14.3 Å². The highest BCUT2D eigenvalue weighted by atomic mass is 16.5. The number of hydrogen-bond donors (Lipinski definition) is 1. The molecule has 120 valence electrons. The van der Waals surface area contributed by atoms with Gasteiger partial charge in [-0.3, -0.25) is 9.59 Å². The molecule has 1 aromatic carbocycles. The number of nitrogens with zero attached hydrogens (tertiary/aromatic N) is 1. The molecule has 0 aliphatic carbocycles. The molecule has 0 saturated carbocycles. The number of carbonyl (C=O) groups is 2. The Morgan fingerprint density at radius 3 is 2.32 bits per heavy atom. The summed E-state index contributed by atoms with van der Waals surface area (Å²) >= 11 is 0. The third kappa shape index (κ3) is 4.48.